The highest BCUT2D eigenvalue weighted by Crippen LogP contribution is 2.51. The molecule has 0 radical (unpaired) electrons. The molecule has 0 aliphatic heterocycles. The zero-order valence-electron chi connectivity index (χ0n) is 22.2. The van der Waals surface area contributed by atoms with E-state index >= 15 is 0 Å². The second kappa shape index (κ2) is 8.41. The number of nitrogens with zero attached hydrogens (tertiary/aromatic N) is 1. The van der Waals surface area contributed by atoms with Gasteiger partial charge in [-0.25, -0.2) is 0 Å². The summed E-state index contributed by atoms with van der Waals surface area (Å²) in [5.74, 6) is 0.976. The number of furan rings is 1. The van der Waals surface area contributed by atoms with E-state index in [1.165, 1.54) is 60.9 Å². The molecule has 0 fully saturated rings. The van der Waals surface area contributed by atoms with Gasteiger partial charge in [-0.2, -0.15) is 4.57 Å². The van der Waals surface area contributed by atoms with Crippen molar-refractivity contribution < 1.29 is 8.98 Å². The minimum absolute atomic E-state index is 0.940. The molecule has 8 rings (SSSR count). The molecule has 2 aromatic heterocycles. The Bertz CT molecular complexity index is 2030. The molecule has 4 aromatic carbocycles. The number of aryl methyl sites for hydroxylation is 2. The molecule has 0 amide bonds. The van der Waals surface area contributed by atoms with Crippen LogP contribution in [0.15, 0.2) is 114 Å². The van der Waals surface area contributed by atoms with Crippen LogP contribution in [0.3, 0.4) is 0 Å². The van der Waals surface area contributed by atoms with Crippen molar-refractivity contribution in [1.29, 1.82) is 0 Å². The summed E-state index contributed by atoms with van der Waals surface area (Å²) in [7, 11) is 2.12. The molecule has 186 valence electrons. The number of benzene rings is 4. The Morgan fingerprint density at radius 1 is 0.692 bits per heavy atom. The molecule has 0 N–H and O–H groups in total. The van der Waals surface area contributed by atoms with Gasteiger partial charge in [0.1, 0.15) is 12.8 Å². The van der Waals surface area contributed by atoms with Gasteiger partial charge < -0.3 is 4.42 Å². The fourth-order valence-electron chi connectivity index (χ4n) is 6.73. The monoisotopic (exact) mass is 502 g/mol. The number of aromatic nitrogens is 1. The first-order valence-corrected chi connectivity index (χ1v) is 13.7. The summed E-state index contributed by atoms with van der Waals surface area (Å²) >= 11 is 0. The van der Waals surface area contributed by atoms with Crippen LogP contribution in [0.1, 0.15) is 29.7 Å². The molecule has 0 saturated carbocycles. The number of allylic oxidation sites excluding steroid dienone is 4. The van der Waals surface area contributed by atoms with Crippen LogP contribution in [-0.4, -0.2) is 0 Å². The molecular weight excluding hydrogens is 474 g/mol. The second-order valence-electron chi connectivity index (χ2n) is 10.7. The van der Waals surface area contributed by atoms with Gasteiger partial charge in [0.05, 0.1) is 5.56 Å². The SMILES string of the molecule is Cc1c(-c2c3oc4c(c3cc[n+]2C)-c2ccccc2-c2ccccc2C2=C4C=CCC2)ccc2ccccc12. The Morgan fingerprint density at radius 2 is 1.41 bits per heavy atom. The molecular formula is C37H28NO+. The van der Waals surface area contributed by atoms with Gasteiger partial charge in [0.25, 0.3) is 5.69 Å². The zero-order valence-corrected chi connectivity index (χ0v) is 22.2. The van der Waals surface area contributed by atoms with Gasteiger partial charge in [0, 0.05) is 22.6 Å². The Morgan fingerprint density at radius 3 is 2.26 bits per heavy atom. The lowest BCUT2D eigenvalue weighted by Crippen LogP contribution is -2.30. The highest BCUT2D eigenvalue weighted by Gasteiger charge is 2.31. The standard InChI is InChI=1S/C37H28NO/c1-23-25-12-4-3-11-24(25)19-20-26(23)35-37-33(21-22-38(35)2)34-31-17-9-7-15-29(31)27-13-5-6-14-28(27)30-16-8-10-18-32(30)36(34)39-37/h3-7,9-15,17-22H,8,16H2,1-2H3/q+1. The fourth-order valence-corrected chi connectivity index (χ4v) is 6.73. The molecule has 39 heavy (non-hydrogen) atoms. The van der Waals surface area contributed by atoms with E-state index in [4.69, 9.17) is 4.42 Å². The Balaban J connectivity index is 1.52. The normalized spacial score (nSPS) is 14.0. The third-order valence-corrected chi connectivity index (χ3v) is 8.59. The smallest absolute Gasteiger partial charge is 0.256 e. The molecule has 0 spiro atoms. The number of fused-ring (bicyclic) bond motifs is 10. The van der Waals surface area contributed by atoms with Gasteiger partial charge in [-0.05, 0) is 70.0 Å². The number of hydrogen-bond donors (Lipinski definition) is 0. The maximum Gasteiger partial charge on any atom is 0.256 e. The first-order valence-electron chi connectivity index (χ1n) is 13.7. The summed E-state index contributed by atoms with van der Waals surface area (Å²) in [6.45, 7) is 2.23. The van der Waals surface area contributed by atoms with Crippen LogP contribution in [0.25, 0.3) is 66.4 Å². The number of pyridine rings is 1. The van der Waals surface area contributed by atoms with Crippen molar-refractivity contribution in [2.45, 2.75) is 19.8 Å². The van der Waals surface area contributed by atoms with Crippen molar-refractivity contribution in [3.8, 4) is 33.5 Å². The fraction of sp³-hybridized carbons (Fsp3) is 0.108. The molecule has 6 aromatic rings. The Labute approximate surface area is 228 Å². The van der Waals surface area contributed by atoms with E-state index in [1.54, 1.807) is 0 Å². The summed E-state index contributed by atoms with van der Waals surface area (Å²) in [5.41, 5.74) is 13.4. The lowest BCUT2D eigenvalue weighted by Gasteiger charge is -2.23. The molecule has 2 nitrogen and oxygen atoms in total. The van der Waals surface area contributed by atoms with E-state index in [-0.39, 0.29) is 0 Å². The Kier molecular flexibility index (Phi) is 4.81. The van der Waals surface area contributed by atoms with Gasteiger partial charge in [0.15, 0.2) is 6.20 Å². The molecule has 2 heterocycles. The largest absolute Gasteiger partial charge is 0.448 e. The molecule has 0 unspecified atom stereocenters. The first-order chi connectivity index (χ1) is 19.2. The van der Waals surface area contributed by atoms with E-state index < -0.39 is 0 Å². The Hall–Kier alpha value is -4.69. The van der Waals surface area contributed by atoms with Crippen molar-refractivity contribution in [2.24, 2.45) is 7.05 Å². The van der Waals surface area contributed by atoms with Gasteiger partial charge in [-0.15, -0.1) is 0 Å². The van der Waals surface area contributed by atoms with Crippen molar-refractivity contribution in [2.75, 3.05) is 0 Å². The first kappa shape index (κ1) is 22.3. The van der Waals surface area contributed by atoms with Crippen molar-refractivity contribution in [1.82, 2.24) is 0 Å². The maximum atomic E-state index is 7.07. The topological polar surface area (TPSA) is 17.0 Å². The van der Waals surface area contributed by atoms with Crippen LogP contribution in [0.2, 0.25) is 0 Å². The highest BCUT2D eigenvalue weighted by atomic mass is 16.3. The minimum Gasteiger partial charge on any atom is -0.448 e. The predicted octanol–water partition coefficient (Wildman–Crippen LogP) is 9.29. The van der Waals surface area contributed by atoms with Gasteiger partial charge in [-0.1, -0.05) is 91.0 Å². The van der Waals surface area contributed by atoms with Crippen molar-refractivity contribution >= 4 is 32.9 Å². The van der Waals surface area contributed by atoms with Crippen LogP contribution in [0.4, 0.5) is 0 Å². The summed E-state index contributed by atoms with van der Waals surface area (Å²) in [4.78, 5) is 0. The van der Waals surface area contributed by atoms with E-state index in [1.807, 2.05) is 0 Å². The molecule has 2 heteroatoms. The van der Waals surface area contributed by atoms with Crippen molar-refractivity contribution in [3.63, 3.8) is 0 Å². The predicted molar refractivity (Wildman–Crippen MR) is 161 cm³/mol. The van der Waals surface area contributed by atoms with Gasteiger partial charge in [-0.3, -0.25) is 0 Å². The van der Waals surface area contributed by atoms with Crippen LogP contribution in [-0.2, 0) is 7.05 Å². The average molecular weight is 503 g/mol. The van der Waals surface area contributed by atoms with Crippen LogP contribution in [0, 0.1) is 6.92 Å². The minimum atomic E-state index is 0.940. The van der Waals surface area contributed by atoms with Gasteiger partial charge in [0.2, 0.25) is 5.58 Å². The van der Waals surface area contributed by atoms with Crippen LogP contribution in [0.5, 0.6) is 0 Å². The van der Waals surface area contributed by atoms with E-state index in [0.717, 1.165) is 35.3 Å². The third-order valence-electron chi connectivity index (χ3n) is 8.59. The summed E-state index contributed by atoms with van der Waals surface area (Å²) in [5, 5.41) is 3.69. The molecule has 0 atom stereocenters. The quantitative estimate of drug-likeness (QED) is 0.205. The van der Waals surface area contributed by atoms with Crippen molar-refractivity contribution in [3.05, 3.63) is 126 Å². The number of rotatable bonds is 1. The lowest BCUT2D eigenvalue weighted by atomic mass is 9.80. The lowest BCUT2D eigenvalue weighted by molar-refractivity contribution is -0.659. The maximum absolute atomic E-state index is 7.07. The summed E-state index contributed by atoms with van der Waals surface area (Å²) in [6.07, 6.45) is 8.81. The highest BCUT2D eigenvalue weighted by molar-refractivity contribution is 6.13. The van der Waals surface area contributed by atoms with Gasteiger partial charge >= 0.3 is 0 Å². The molecule has 2 aliphatic rings. The molecule has 0 saturated heterocycles. The second-order valence-corrected chi connectivity index (χ2v) is 10.7. The number of hydrogen-bond acceptors (Lipinski definition) is 1. The van der Waals surface area contributed by atoms with E-state index in [0.29, 0.717) is 0 Å². The van der Waals surface area contributed by atoms with E-state index in [2.05, 4.69) is 128 Å². The van der Waals surface area contributed by atoms with Crippen LogP contribution >= 0.6 is 0 Å². The average Bonchev–Trinajstić information content (AvgIpc) is 3.36. The van der Waals surface area contributed by atoms with Crippen LogP contribution < -0.4 is 4.57 Å². The van der Waals surface area contributed by atoms with E-state index in [9.17, 15) is 0 Å². The molecule has 2 aliphatic carbocycles. The zero-order chi connectivity index (χ0) is 26.1. The molecule has 0 bridgehead atoms. The third kappa shape index (κ3) is 3.18. The summed E-state index contributed by atoms with van der Waals surface area (Å²) in [6, 6.07) is 33.0. The summed E-state index contributed by atoms with van der Waals surface area (Å²) < 4.78 is 9.28.